The van der Waals surface area contributed by atoms with Gasteiger partial charge in [0.1, 0.15) is 6.10 Å². The summed E-state index contributed by atoms with van der Waals surface area (Å²) in [4.78, 5) is 17.6. The van der Waals surface area contributed by atoms with E-state index in [1.54, 1.807) is 4.31 Å². The Balaban J connectivity index is 1.08. The maximum Gasteiger partial charge on any atom is 0.312 e. The van der Waals surface area contributed by atoms with Crippen LogP contribution < -0.4 is 4.90 Å². The topological polar surface area (TPSA) is 70.2 Å². The lowest BCUT2D eigenvalue weighted by Gasteiger charge is -2.36. The molecule has 1 spiro atoms. The van der Waals surface area contributed by atoms with E-state index in [0.29, 0.717) is 25.9 Å². The number of carbonyl (C=O) groups excluding carboxylic acids is 1. The Morgan fingerprint density at radius 3 is 2.28 bits per heavy atom. The van der Waals surface area contributed by atoms with Crippen molar-refractivity contribution in [1.29, 1.82) is 0 Å². The second-order valence-electron chi connectivity index (χ2n) is 10.1. The highest BCUT2D eigenvalue weighted by Crippen LogP contribution is 2.45. The number of carbonyl (C=O) groups is 1. The number of hydrogen-bond donors (Lipinski definition) is 0. The van der Waals surface area contributed by atoms with Gasteiger partial charge in [-0.15, -0.1) is 0 Å². The van der Waals surface area contributed by atoms with Crippen molar-refractivity contribution in [3.63, 3.8) is 0 Å². The van der Waals surface area contributed by atoms with Crippen LogP contribution in [0.5, 0.6) is 0 Å². The van der Waals surface area contributed by atoms with E-state index in [9.17, 15) is 13.2 Å². The molecule has 5 rings (SSSR count). The van der Waals surface area contributed by atoms with E-state index in [2.05, 4.69) is 41.0 Å². The monoisotopic (exact) mass is 461 g/mol. The first-order valence-corrected chi connectivity index (χ1v) is 13.6. The minimum Gasteiger partial charge on any atom is -0.462 e. The molecule has 4 aliphatic rings. The van der Waals surface area contributed by atoms with Gasteiger partial charge >= 0.3 is 5.97 Å². The van der Waals surface area contributed by atoms with Crippen molar-refractivity contribution in [3.8, 4) is 0 Å². The Hall–Kier alpha value is -1.64. The van der Waals surface area contributed by atoms with Crippen LogP contribution in [0, 0.1) is 12.3 Å². The molecule has 8 heteroatoms. The number of anilines is 1. The molecule has 1 aromatic rings. The first-order valence-electron chi connectivity index (χ1n) is 12.1. The van der Waals surface area contributed by atoms with E-state index in [0.717, 1.165) is 58.4 Å². The zero-order chi connectivity index (χ0) is 22.3. The second kappa shape index (κ2) is 8.61. The molecule has 4 fully saturated rings. The predicted molar refractivity (Wildman–Crippen MR) is 124 cm³/mol. The van der Waals surface area contributed by atoms with Gasteiger partial charge in [-0.3, -0.25) is 9.69 Å². The smallest absolute Gasteiger partial charge is 0.312 e. The average molecular weight is 462 g/mol. The van der Waals surface area contributed by atoms with Crippen LogP contribution >= 0.6 is 0 Å². The van der Waals surface area contributed by atoms with Crippen molar-refractivity contribution >= 4 is 21.7 Å². The minimum atomic E-state index is -3.15. The molecule has 1 aliphatic carbocycles. The summed E-state index contributed by atoms with van der Waals surface area (Å²) >= 11 is 0. The fourth-order valence-corrected chi connectivity index (χ4v) is 7.31. The van der Waals surface area contributed by atoms with Crippen molar-refractivity contribution in [2.45, 2.75) is 56.8 Å². The van der Waals surface area contributed by atoms with Gasteiger partial charge in [0, 0.05) is 57.9 Å². The van der Waals surface area contributed by atoms with E-state index in [1.807, 2.05) is 0 Å². The highest BCUT2D eigenvalue weighted by Gasteiger charge is 2.52. The zero-order valence-corrected chi connectivity index (χ0v) is 19.9. The van der Waals surface area contributed by atoms with Gasteiger partial charge in [-0.1, -0.05) is 17.7 Å². The number of benzene rings is 1. The molecule has 7 nitrogen and oxygen atoms in total. The Labute approximate surface area is 191 Å². The molecule has 1 saturated carbocycles. The first-order chi connectivity index (χ1) is 15.4. The molecule has 1 unspecified atom stereocenters. The molecule has 1 atom stereocenters. The number of nitrogens with zero attached hydrogens (tertiary/aromatic N) is 3. The lowest BCUT2D eigenvalue weighted by molar-refractivity contribution is -0.150. The van der Waals surface area contributed by atoms with Crippen molar-refractivity contribution in [3.05, 3.63) is 29.8 Å². The molecule has 0 N–H and O–H groups in total. The molecule has 176 valence electrons. The third-order valence-corrected chi connectivity index (χ3v) is 10.2. The van der Waals surface area contributed by atoms with Gasteiger partial charge in [-0.25, -0.2) is 12.7 Å². The Morgan fingerprint density at radius 1 is 1.00 bits per heavy atom. The summed E-state index contributed by atoms with van der Waals surface area (Å²) in [5, 5.41) is -0.175. The summed E-state index contributed by atoms with van der Waals surface area (Å²) in [5.74, 6) is -0.102. The number of ether oxygens (including phenoxy) is 1. The third-order valence-electron chi connectivity index (χ3n) is 7.85. The summed E-state index contributed by atoms with van der Waals surface area (Å²) in [5.41, 5.74) is 2.10. The highest BCUT2D eigenvalue weighted by molar-refractivity contribution is 7.90. The summed E-state index contributed by atoms with van der Waals surface area (Å²) in [6, 6.07) is 8.73. The van der Waals surface area contributed by atoms with Gasteiger partial charge in [-0.2, -0.15) is 0 Å². The quantitative estimate of drug-likeness (QED) is 0.606. The van der Waals surface area contributed by atoms with E-state index in [1.165, 1.54) is 11.3 Å². The fourth-order valence-electron chi connectivity index (χ4n) is 5.46. The number of hydrogen-bond acceptors (Lipinski definition) is 6. The maximum absolute atomic E-state index is 12.7. The summed E-state index contributed by atoms with van der Waals surface area (Å²) < 4.78 is 32.4. The molecule has 0 aromatic heterocycles. The van der Waals surface area contributed by atoms with Crippen LogP contribution in [0.2, 0.25) is 0 Å². The van der Waals surface area contributed by atoms with Gasteiger partial charge in [0.15, 0.2) is 0 Å². The molecule has 3 heterocycles. The number of aryl methyl sites for hydroxylation is 1. The molecule has 3 aliphatic heterocycles. The van der Waals surface area contributed by atoms with Crippen LogP contribution in [0.4, 0.5) is 5.69 Å². The minimum absolute atomic E-state index is 0.0378. The Morgan fingerprint density at radius 2 is 1.66 bits per heavy atom. The largest absolute Gasteiger partial charge is 0.462 e. The average Bonchev–Trinajstić information content (AvgIpc) is 3.61. The number of piperazine rings is 1. The molecule has 32 heavy (non-hydrogen) atoms. The fraction of sp³-hybridized carbons (Fsp3) is 0.708. The predicted octanol–water partition coefficient (Wildman–Crippen LogP) is 2.40. The number of rotatable bonds is 6. The molecule has 0 radical (unpaired) electrons. The Kier molecular flexibility index (Phi) is 5.97. The van der Waals surface area contributed by atoms with Crippen LogP contribution in [-0.2, 0) is 19.6 Å². The van der Waals surface area contributed by atoms with Gasteiger partial charge < -0.3 is 9.64 Å². The summed E-state index contributed by atoms with van der Waals surface area (Å²) in [6.07, 6.45) is 4.34. The highest BCUT2D eigenvalue weighted by atomic mass is 32.2. The lowest BCUT2D eigenvalue weighted by Crippen LogP contribution is -2.47. The van der Waals surface area contributed by atoms with Crippen molar-refractivity contribution in [1.82, 2.24) is 9.21 Å². The van der Waals surface area contributed by atoms with Crippen LogP contribution in [0.15, 0.2) is 24.3 Å². The summed E-state index contributed by atoms with van der Waals surface area (Å²) in [6.45, 7) is 8.05. The van der Waals surface area contributed by atoms with E-state index >= 15 is 0 Å². The molecule has 1 aromatic carbocycles. The van der Waals surface area contributed by atoms with Gasteiger partial charge in [-0.05, 0) is 51.2 Å². The van der Waals surface area contributed by atoms with Gasteiger partial charge in [0.25, 0.3) is 0 Å². The third kappa shape index (κ3) is 4.41. The summed E-state index contributed by atoms with van der Waals surface area (Å²) in [7, 11) is -3.15. The lowest BCUT2D eigenvalue weighted by atomic mass is 9.76. The first kappa shape index (κ1) is 22.2. The van der Waals surface area contributed by atoms with Crippen LogP contribution in [-0.4, -0.2) is 80.8 Å². The van der Waals surface area contributed by atoms with Crippen molar-refractivity contribution < 1.29 is 17.9 Å². The normalized spacial score (nSPS) is 27.1. The SMILES string of the molecule is Cc1ccc(N2CCN(CCC3CC4(CCN(S(=O)(=O)C5CC5)CC4)C(=O)O3)CC2)cc1. The standard InChI is InChI=1S/C24H35N3O4S/c1-19-2-4-20(5-3-19)26-16-14-25(15-17-26)11-8-21-18-24(23(28)31-21)9-12-27(13-10-24)32(29,30)22-6-7-22/h2-5,21-22H,6-18H2,1H3. The Bertz CT molecular complexity index is 928. The van der Waals surface area contributed by atoms with Gasteiger partial charge in [0.05, 0.1) is 10.7 Å². The van der Waals surface area contributed by atoms with Crippen LogP contribution in [0.3, 0.4) is 0 Å². The van der Waals surface area contributed by atoms with E-state index in [4.69, 9.17) is 4.74 Å². The zero-order valence-electron chi connectivity index (χ0n) is 19.0. The second-order valence-corrected chi connectivity index (χ2v) is 12.3. The molecular formula is C24H35N3O4S. The number of cyclic esters (lactones) is 1. The van der Waals surface area contributed by atoms with Crippen LogP contribution in [0.25, 0.3) is 0 Å². The number of esters is 1. The van der Waals surface area contributed by atoms with E-state index < -0.39 is 15.4 Å². The van der Waals surface area contributed by atoms with Gasteiger partial charge in [0.2, 0.25) is 10.0 Å². The molecule has 0 bridgehead atoms. The van der Waals surface area contributed by atoms with Crippen molar-refractivity contribution in [2.75, 3.05) is 50.7 Å². The maximum atomic E-state index is 12.7. The number of piperidine rings is 1. The van der Waals surface area contributed by atoms with Crippen molar-refractivity contribution in [2.24, 2.45) is 5.41 Å². The molecule has 0 amide bonds. The molecule has 3 saturated heterocycles. The van der Waals surface area contributed by atoms with Crippen LogP contribution in [0.1, 0.15) is 44.1 Å². The number of sulfonamides is 1. The molecular weight excluding hydrogens is 426 g/mol. The van der Waals surface area contributed by atoms with E-state index in [-0.39, 0.29) is 17.3 Å².